The number of hydrogen-bond acceptors (Lipinski definition) is 15. The van der Waals surface area contributed by atoms with E-state index >= 15 is 0 Å². The van der Waals surface area contributed by atoms with Crippen LogP contribution in [-0.4, -0.2) is 127 Å². The van der Waals surface area contributed by atoms with E-state index in [1.807, 2.05) is 0 Å². The Kier molecular flexibility index (Phi) is 11.0. The van der Waals surface area contributed by atoms with Gasteiger partial charge in [-0.1, -0.05) is 12.1 Å². The molecule has 242 valence electrons. The lowest BCUT2D eigenvalue weighted by molar-refractivity contribution is -0.357. The molecule has 0 aliphatic carbocycles. The number of ether oxygens (including phenoxy) is 5. The maximum absolute atomic E-state index is 12.8. The molecule has 2 heterocycles. The van der Waals surface area contributed by atoms with Gasteiger partial charge >= 0.3 is 5.97 Å². The smallest absolute Gasteiger partial charge is 0.331 e. The normalized spacial score (nSPS) is 32.5. The van der Waals surface area contributed by atoms with Crippen molar-refractivity contribution in [2.45, 2.75) is 74.8 Å². The number of aliphatic hydroxyl groups is 5. The van der Waals surface area contributed by atoms with Crippen LogP contribution in [0.15, 0.2) is 42.5 Å². The first-order valence-corrected chi connectivity index (χ1v) is 13.7. The summed E-state index contributed by atoms with van der Waals surface area (Å²) in [6.45, 7) is 0.606. The molecule has 15 heteroatoms. The first kappa shape index (κ1) is 33.4. The van der Waals surface area contributed by atoms with Crippen LogP contribution in [0.1, 0.15) is 18.1 Å². The van der Waals surface area contributed by atoms with Crippen molar-refractivity contribution in [2.24, 2.45) is 0 Å². The molecule has 15 nitrogen and oxygen atoms in total. The third kappa shape index (κ3) is 7.76. The number of aliphatic hydroxyl groups excluding tert-OH is 5. The maximum Gasteiger partial charge on any atom is 0.331 e. The number of carbonyl (C=O) groups excluding carboxylic acids is 1. The van der Waals surface area contributed by atoms with Gasteiger partial charge in [0, 0.05) is 6.08 Å². The highest BCUT2D eigenvalue weighted by Gasteiger charge is 2.52. The molecule has 2 aliphatic rings. The predicted molar refractivity (Wildman–Crippen MR) is 147 cm³/mol. The Balaban J connectivity index is 1.52. The zero-order valence-corrected chi connectivity index (χ0v) is 23.5. The molecule has 10 atom stereocenters. The summed E-state index contributed by atoms with van der Waals surface area (Å²) < 4.78 is 28.2. The molecule has 2 aliphatic heterocycles. The Morgan fingerprint density at radius 2 is 1.50 bits per heavy atom. The Morgan fingerprint density at radius 1 is 0.818 bits per heavy atom. The van der Waals surface area contributed by atoms with Crippen LogP contribution in [0.4, 0.5) is 0 Å². The molecule has 4 unspecified atom stereocenters. The van der Waals surface area contributed by atoms with Gasteiger partial charge in [0.15, 0.2) is 41.7 Å². The molecule has 44 heavy (non-hydrogen) atoms. The number of aromatic hydroxyl groups is 4. The first-order valence-electron chi connectivity index (χ1n) is 13.7. The Bertz CT molecular complexity index is 1300. The molecule has 0 bridgehead atoms. The van der Waals surface area contributed by atoms with Crippen LogP contribution in [0.25, 0.3) is 6.08 Å². The lowest BCUT2D eigenvalue weighted by Gasteiger charge is -2.46. The topological polar surface area (TPSA) is 245 Å². The molecule has 2 saturated heterocycles. The van der Waals surface area contributed by atoms with Crippen molar-refractivity contribution in [3.05, 3.63) is 53.6 Å². The van der Waals surface area contributed by atoms with Gasteiger partial charge in [-0.15, -0.1) is 0 Å². The molecule has 2 aromatic rings. The van der Waals surface area contributed by atoms with E-state index < -0.39 is 79.7 Å². The number of esters is 1. The lowest BCUT2D eigenvalue weighted by atomic mass is 9.97. The fourth-order valence-electron chi connectivity index (χ4n) is 4.76. The van der Waals surface area contributed by atoms with E-state index in [1.165, 1.54) is 43.3 Å². The summed E-state index contributed by atoms with van der Waals surface area (Å²) in [7, 11) is 0. The maximum atomic E-state index is 12.8. The minimum Gasteiger partial charge on any atom is -0.504 e. The molecule has 4 rings (SSSR count). The minimum absolute atomic E-state index is 0.0754. The molecule has 0 aromatic heterocycles. The van der Waals surface area contributed by atoms with Crippen LogP contribution in [0, 0.1) is 0 Å². The van der Waals surface area contributed by atoms with Crippen LogP contribution in [0.2, 0.25) is 0 Å². The third-order valence-corrected chi connectivity index (χ3v) is 7.27. The van der Waals surface area contributed by atoms with E-state index in [2.05, 4.69) is 0 Å². The molecule has 2 aromatic carbocycles. The van der Waals surface area contributed by atoms with Gasteiger partial charge in [0.25, 0.3) is 0 Å². The van der Waals surface area contributed by atoms with Crippen molar-refractivity contribution < 1.29 is 74.4 Å². The Hall–Kier alpha value is -3.51. The quantitative estimate of drug-likeness (QED) is 0.0873. The summed E-state index contributed by atoms with van der Waals surface area (Å²) in [5.74, 6) is -2.40. The molecule has 2 fully saturated rings. The average Bonchev–Trinajstić information content (AvgIpc) is 2.99. The Morgan fingerprint density at radius 3 is 2.16 bits per heavy atom. The average molecular weight is 625 g/mol. The molecule has 0 radical (unpaired) electrons. The molecule has 0 amide bonds. The molecular weight excluding hydrogens is 588 g/mol. The fourth-order valence-corrected chi connectivity index (χ4v) is 4.76. The van der Waals surface area contributed by atoms with Crippen molar-refractivity contribution >= 4 is 12.0 Å². The van der Waals surface area contributed by atoms with E-state index in [0.717, 1.165) is 6.08 Å². The van der Waals surface area contributed by atoms with Crippen molar-refractivity contribution in [3.8, 4) is 23.0 Å². The van der Waals surface area contributed by atoms with E-state index in [-0.39, 0.29) is 30.3 Å². The van der Waals surface area contributed by atoms with Crippen molar-refractivity contribution in [1.82, 2.24) is 0 Å². The van der Waals surface area contributed by atoms with Crippen molar-refractivity contribution in [1.29, 1.82) is 0 Å². The second kappa shape index (κ2) is 14.5. The van der Waals surface area contributed by atoms with E-state index in [1.54, 1.807) is 6.07 Å². The number of carbonyl (C=O) groups is 1. The Labute approximate surface area is 251 Å². The molecular formula is C29H36O15. The largest absolute Gasteiger partial charge is 0.504 e. The lowest BCUT2D eigenvalue weighted by Crippen LogP contribution is -2.65. The highest BCUT2D eigenvalue weighted by Crippen LogP contribution is 2.32. The molecule has 9 N–H and O–H groups in total. The van der Waals surface area contributed by atoms with Gasteiger partial charge in [-0.25, -0.2) is 4.79 Å². The van der Waals surface area contributed by atoms with Crippen molar-refractivity contribution in [3.63, 3.8) is 0 Å². The second-order valence-corrected chi connectivity index (χ2v) is 10.4. The summed E-state index contributed by atoms with van der Waals surface area (Å²) in [5, 5.41) is 90.5. The van der Waals surface area contributed by atoms with Gasteiger partial charge in [0.1, 0.15) is 36.6 Å². The summed E-state index contributed by atoms with van der Waals surface area (Å²) in [6, 6.07) is 7.98. The summed E-state index contributed by atoms with van der Waals surface area (Å²) in [4.78, 5) is 12.8. The standard InChI is InChI=1S/C29H36O15/c1-13-22(36)23(37)24(38)29(41-13)44-27-25(39)28(40-9-8-15-3-6-17(32)19(34)11-15)42-20(12-30)26(27)43-21(35)7-4-14-2-5-16(31)18(33)10-14/h2-7,10-11,13,20,22-34,36-39H,8-9,12H2,1H3/t13?,20?,22-,23-,24?,25?,26-,27+,28-,29-/m0/s1. The van der Waals surface area contributed by atoms with Crippen LogP contribution in [0.3, 0.4) is 0 Å². The first-order chi connectivity index (χ1) is 20.9. The predicted octanol–water partition coefficient (Wildman–Crippen LogP) is -1.02. The zero-order valence-electron chi connectivity index (χ0n) is 23.5. The summed E-state index contributed by atoms with van der Waals surface area (Å²) in [5.41, 5.74) is 0.914. The number of benzene rings is 2. The second-order valence-electron chi connectivity index (χ2n) is 10.4. The van der Waals surface area contributed by atoms with Gasteiger partial charge in [-0.05, 0) is 54.8 Å². The van der Waals surface area contributed by atoms with E-state index in [0.29, 0.717) is 11.1 Å². The van der Waals surface area contributed by atoms with E-state index in [9.17, 15) is 50.8 Å². The molecule has 0 saturated carbocycles. The van der Waals surface area contributed by atoms with Crippen LogP contribution < -0.4 is 0 Å². The van der Waals surface area contributed by atoms with Gasteiger partial charge < -0.3 is 69.6 Å². The minimum atomic E-state index is -1.77. The number of phenols is 4. The monoisotopic (exact) mass is 624 g/mol. The summed E-state index contributed by atoms with van der Waals surface area (Å²) >= 11 is 0. The van der Waals surface area contributed by atoms with Crippen LogP contribution in [0.5, 0.6) is 23.0 Å². The van der Waals surface area contributed by atoms with Gasteiger partial charge in [0.2, 0.25) is 0 Å². The van der Waals surface area contributed by atoms with Gasteiger partial charge in [-0.2, -0.15) is 0 Å². The fraction of sp³-hybridized carbons (Fsp3) is 0.483. The van der Waals surface area contributed by atoms with E-state index in [4.69, 9.17) is 23.7 Å². The molecule has 0 spiro atoms. The van der Waals surface area contributed by atoms with Crippen LogP contribution in [-0.2, 0) is 34.9 Å². The zero-order chi connectivity index (χ0) is 32.1. The number of phenolic OH excluding ortho intramolecular Hbond substituents is 4. The third-order valence-electron chi connectivity index (χ3n) is 7.27. The van der Waals surface area contributed by atoms with Crippen molar-refractivity contribution in [2.75, 3.05) is 13.2 Å². The number of hydrogen-bond donors (Lipinski definition) is 9. The highest BCUT2D eigenvalue weighted by atomic mass is 16.7. The highest BCUT2D eigenvalue weighted by molar-refractivity contribution is 5.87. The van der Waals surface area contributed by atoms with Crippen LogP contribution >= 0.6 is 0 Å². The SMILES string of the molecule is CC1O[C@@H](O[C@@H]2C(O)[C@@H](OCCc3ccc(O)c(O)c3)OC(CO)[C@@H]2OC(=O)C=Cc2ccc(O)c(O)c2)C(O)[C@@H](O)[C@H]1O. The summed E-state index contributed by atoms with van der Waals surface area (Å²) in [6.07, 6.45) is -12.6. The van der Waals surface area contributed by atoms with Gasteiger partial charge in [-0.3, -0.25) is 0 Å². The number of rotatable bonds is 10. The van der Waals surface area contributed by atoms with Gasteiger partial charge in [0.05, 0.1) is 19.3 Å².